The largest absolute Gasteiger partial charge is 0.398 e. The second kappa shape index (κ2) is 6.50. The molecule has 0 aromatic rings. The Labute approximate surface area is 82.0 Å². The van der Waals surface area contributed by atoms with Crippen LogP contribution in [0.1, 0.15) is 13.3 Å². The van der Waals surface area contributed by atoms with Gasteiger partial charge in [-0.2, -0.15) is 0 Å². The predicted octanol–water partition coefficient (Wildman–Crippen LogP) is 0.636. The zero-order valence-electron chi connectivity index (χ0n) is 9.09. The van der Waals surface area contributed by atoms with Crippen LogP contribution in [0.2, 0.25) is 12.6 Å². The molecule has 3 N–H and O–H groups in total. The molecule has 0 heterocycles. The Morgan fingerprint density at radius 1 is 1.38 bits per heavy atom. The van der Waals surface area contributed by atoms with Gasteiger partial charge in [-0.3, -0.25) is 0 Å². The van der Waals surface area contributed by atoms with Crippen LogP contribution in [-0.2, 0) is 8.85 Å². The van der Waals surface area contributed by atoms with E-state index in [1.807, 2.05) is 6.92 Å². The SMILES string of the molecule is CO[Si](C)(CCCNC(C)N)OC. The fraction of sp³-hybridized carbons (Fsp3) is 1.00. The van der Waals surface area contributed by atoms with E-state index in [2.05, 4.69) is 11.9 Å². The zero-order valence-corrected chi connectivity index (χ0v) is 10.1. The number of rotatable bonds is 7. The van der Waals surface area contributed by atoms with Crippen LogP contribution in [-0.4, -0.2) is 35.5 Å². The predicted molar refractivity (Wildman–Crippen MR) is 56.7 cm³/mol. The van der Waals surface area contributed by atoms with Gasteiger partial charge < -0.3 is 19.9 Å². The van der Waals surface area contributed by atoms with Crippen molar-refractivity contribution in [2.45, 2.75) is 32.1 Å². The molecule has 0 amide bonds. The molecule has 0 fully saturated rings. The van der Waals surface area contributed by atoms with Crippen molar-refractivity contribution in [2.24, 2.45) is 5.73 Å². The van der Waals surface area contributed by atoms with Crippen LogP contribution in [0.3, 0.4) is 0 Å². The van der Waals surface area contributed by atoms with Gasteiger partial charge in [-0.25, -0.2) is 0 Å². The van der Waals surface area contributed by atoms with E-state index in [-0.39, 0.29) is 6.17 Å². The van der Waals surface area contributed by atoms with Crippen molar-refractivity contribution in [3.63, 3.8) is 0 Å². The molecular weight excluding hydrogens is 184 g/mol. The summed E-state index contributed by atoms with van der Waals surface area (Å²) < 4.78 is 10.7. The van der Waals surface area contributed by atoms with Gasteiger partial charge in [0.25, 0.3) is 0 Å². The molecule has 0 aromatic heterocycles. The van der Waals surface area contributed by atoms with E-state index < -0.39 is 8.56 Å². The molecule has 0 aliphatic heterocycles. The first-order chi connectivity index (χ1) is 6.04. The molecule has 0 aliphatic rings. The van der Waals surface area contributed by atoms with Crippen LogP contribution >= 0.6 is 0 Å². The van der Waals surface area contributed by atoms with Crippen LogP contribution in [0, 0.1) is 0 Å². The van der Waals surface area contributed by atoms with Crippen LogP contribution in [0.5, 0.6) is 0 Å². The van der Waals surface area contributed by atoms with Gasteiger partial charge in [0.05, 0.1) is 6.17 Å². The summed E-state index contributed by atoms with van der Waals surface area (Å²) in [4.78, 5) is 0. The van der Waals surface area contributed by atoms with Crippen molar-refractivity contribution in [2.75, 3.05) is 20.8 Å². The van der Waals surface area contributed by atoms with E-state index >= 15 is 0 Å². The molecule has 0 aromatic carbocycles. The molecule has 1 atom stereocenters. The van der Waals surface area contributed by atoms with Crippen molar-refractivity contribution >= 4 is 8.56 Å². The Morgan fingerprint density at radius 3 is 2.31 bits per heavy atom. The maximum atomic E-state index is 5.54. The fourth-order valence-corrected chi connectivity index (χ4v) is 2.42. The van der Waals surface area contributed by atoms with Gasteiger partial charge in [-0.15, -0.1) is 0 Å². The van der Waals surface area contributed by atoms with Crippen molar-refractivity contribution in [1.29, 1.82) is 0 Å². The fourth-order valence-electron chi connectivity index (χ4n) is 1.03. The smallest absolute Gasteiger partial charge is 0.334 e. The van der Waals surface area contributed by atoms with Crippen LogP contribution in [0.25, 0.3) is 0 Å². The molecule has 5 heteroatoms. The number of hydrogen-bond donors (Lipinski definition) is 2. The Hall–Kier alpha value is 0.0569. The summed E-state index contributed by atoms with van der Waals surface area (Å²) in [5.74, 6) is 0. The summed E-state index contributed by atoms with van der Waals surface area (Å²) in [5, 5.41) is 3.16. The molecule has 0 radical (unpaired) electrons. The molecule has 0 aliphatic carbocycles. The summed E-state index contributed by atoms with van der Waals surface area (Å²) in [5.41, 5.74) is 5.54. The monoisotopic (exact) mass is 206 g/mol. The first kappa shape index (κ1) is 13.1. The second-order valence-electron chi connectivity index (χ2n) is 3.39. The molecule has 13 heavy (non-hydrogen) atoms. The van der Waals surface area contributed by atoms with E-state index in [0.29, 0.717) is 0 Å². The van der Waals surface area contributed by atoms with Gasteiger partial charge in [-0.05, 0) is 32.5 Å². The third-order valence-electron chi connectivity index (χ3n) is 2.14. The van der Waals surface area contributed by atoms with Gasteiger partial charge >= 0.3 is 8.56 Å². The number of nitrogens with two attached hydrogens (primary N) is 1. The lowest BCUT2D eigenvalue weighted by molar-refractivity contribution is 0.248. The Bertz CT molecular complexity index is 129. The molecule has 0 spiro atoms. The molecule has 0 saturated heterocycles. The Morgan fingerprint density at radius 2 is 1.92 bits per heavy atom. The van der Waals surface area contributed by atoms with E-state index in [1.165, 1.54) is 0 Å². The standard InChI is InChI=1S/C8H22N2O2Si/c1-8(9)10-6-5-7-13(4,11-2)12-3/h8,10H,5-7,9H2,1-4H3. The lowest BCUT2D eigenvalue weighted by atomic mass is 10.4. The number of nitrogens with one attached hydrogen (secondary N) is 1. The van der Waals surface area contributed by atoms with E-state index in [1.54, 1.807) is 14.2 Å². The van der Waals surface area contributed by atoms with E-state index in [0.717, 1.165) is 19.0 Å². The maximum Gasteiger partial charge on any atom is 0.334 e. The molecule has 0 saturated carbocycles. The second-order valence-corrected chi connectivity index (χ2v) is 6.97. The normalized spacial score (nSPS) is 14.5. The summed E-state index contributed by atoms with van der Waals surface area (Å²) in [6.45, 7) is 4.93. The van der Waals surface area contributed by atoms with Gasteiger partial charge in [-0.1, -0.05) is 0 Å². The van der Waals surface area contributed by atoms with E-state index in [9.17, 15) is 0 Å². The molecule has 1 unspecified atom stereocenters. The summed E-state index contributed by atoms with van der Waals surface area (Å²) in [6, 6.07) is 1.000. The Balaban J connectivity index is 3.50. The first-order valence-corrected chi connectivity index (χ1v) is 7.15. The third-order valence-corrected chi connectivity index (χ3v) is 5.13. The highest BCUT2D eigenvalue weighted by Gasteiger charge is 2.27. The van der Waals surface area contributed by atoms with Crippen LogP contribution < -0.4 is 11.1 Å². The highest BCUT2D eigenvalue weighted by atomic mass is 28.4. The lowest BCUT2D eigenvalue weighted by Crippen LogP contribution is -2.39. The minimum Gasteiger partial charge on any atom is -0.398 e. The molecule has 0 bridgehead atoms. The molecule has 4 nitrogen and oxygen atoms in total. The summed E-state index contributed by atoms with van der Waals surface area (Å²) in [7, 11) is 1.58. The van der Waals surface area contributed by atoms with Crippen LogP contribution in [0.4, 0.5) is 0 Å². The average Bonchev–Trinajstić information content (AvgIpc) is 2.12. The summed E-state index contributed by atoms with van der Waals surface area (Å²) in [6.07, 6.45) is 1.12. The highest BCUT2D eigenvalue weighted by molar-refractivity contribution is 6.65. The van der Waals surface area contributed by atoms with Gasteiger partial charge in [0.15, 0.2) is 0 Å². The van der Waals surface area contributed by atoms with E-state index in [4.69, 9.17) is 14.6 Å². The molecule has 0 rings (SSSR count). The molecular formula is C8H22N2O2Si. The Kier molecular flexibility index (Phi) is 6.53. The molecule has 80 valence electrons. The van der Waals surface area contributed by atoms with Gasteiger partial charge in [0.2, 0.25) is 0 Å². The lowest BCUT2D eigenvalue weighted by Gasteiger charge is -2.22. The van der Waals surface area contributed by atoms with Crippen molar-refractivity contribution in [3.05, 3.63) is 0 Å². The zero-order chi connectivity index (χ0) is 10.3. The first-order valence-electron chi connectivity index (χ1n) is 4.63. The quantitative estimate of drug-likeness (QED) is 0.364. The minimum absolute atomic E-state index is 0.0676. The summed E-state index contributed by atoms with van der Waals surface area (Å²) >= 11 is 0. The maximum absolute atomic E-state index is 5.54. The van der Waals surface area contributed by atoms with Gasteiger partial charge in [0, 0.05) is 14.2 Å². The van der Waals surface area contributed by atoms with Crippen molar-refractivity contribution < 1.29 is 8.85 Å². The van der Waals surface area contributed by atoms with Crippen LogP contribution in [0.15, 0.2) is 0 Å². The minimum atomic E-state index is -1.85. The number of hydrogen-bond acceptors (Lipinski definition) is 4. The average molecular weight is 206 g/mol. The van der Waals surface area contributed by atoms with Gasteiger partial charge in [0.1, 0.15) is 0 Å². The third kappa shape index (κ3) is 6.17. The topological polar surface area (TPSA) is 56.5 Å². The van der Waals surface area contributed by atoms with Crippen molar-refractivity contribution in [3.8, 4) is 0 Å². The van der Waals surface area contributed by atoms with Crippen molar-refractivity contribution in [1.82, 2.24) is 5.32 Å². The highest BCUT2D eigenvalue weighted by Crippen LogP contribution is 2.12.